The molecule has 0 saturated carbocycles. The Morgan fingerprint density at radius 3 is 2.44 bits per heavy atom. The van der Waals surface area contributed by atoms with Crippen LogP contribution in [0, 0.1) is 5.82 Å². The van der Waals surface area contributed by atoms with Gasteiger partial charge in [-0.15, -0.1) is 0 Å². The second-order valence-electron chi connectivity index (χ2n) is 8.51. The third-order valence-electron chi connectivity index (χ3n) is 5.76. The van der Waals surface area contributed by atoms with Gasteiger partial charge in [0.15, 0.2) is 4.32 Å². The van der Waals surface area contributed by atoms with E-state index in [4.69, 9.17) is 17.0 Å². The molecule has 39 heavy (non-hydrogen) atoms. The number of halogens is 2. The number of rotatable bonds is 7. The molecule has 194 valence electrons. The summed E-state index contributed by atoms with van der Waals surface area (Å²) in [7, 11) is 0. The molecular formula is C30H20BrFN2O3S2. The lowest BCUT2D eigenvalue weighted by Crippen LogP contribution is -2.27. The molecule has 0 aromatic heterocycles. The molecule has 0 bridgehead atoms. The first-order valence-corrected chi connectivity index (χ1v) is 13.8. The quantitative estimate of drug-likeness (QED) is 0.169. The summed E-state index contributed by atoms with van der Waals surface area (Å²) in [4.78, 5) is 27.9. The minimum absolute atomic E-state index is 0.267. The van der Waals surface area contributed by atoms with E-state index in [9.17, 15) is 14.0 Å². The average molecular weight is 620 g/mol. The molecule has 1 aliphatic rings. The zero-order valence-electron chi connectivity index (χ0n) is 20.3. The van der Waals surface area contributed by atoms with Crippen LogP contribution in [-0.2, 0) is 11.4 Å². The van der Waals surface area contributed by atoms with Gasteiger partial charge in [0.05, 0.1) is 10.6 Å². The number of nitrogens with one attached hydrogen (secondary N) is 1. The molecule has 1 saturated heterocycles. The monoisotopic (exact) mass is 618 g/mol. The maximum absolute atomic E-state index is 13.3. The lowest BCUT2D eigenvalue weighted by molar-refractivity contribution is -0.113. The van der Waals surface area contributed by atoms with Crippen LogP contribution in [0.25, 0.3) is 6.08 Å². The maximum Gasteiger partial charge on any atom is 0.270 e. The summed E-state index contributed by atoms with van der Waals surface area (Å²) >= 11 is 10.1. The van der Waals surface area contributed by atoms with Crippen molar-refractivity contribution in [3.63, 3.8) is 0 Å². The molecule has 0 atom stereocenters. The Labute approximate surface area is 242 Å². The summed E-state index contributed by atoms with van der Waals surface area (Å²) in [6.07, 6.45) is 1.78. The van der Waals surface area contributed by atoms with Crippen molar-refractivity contribution in [3.8, 4) is 5.75 Å². The highest BCUT2D eigenvalue weighted by Crippen LogP contribution is 2.36. The summed E-state index contributed by atoms with van der Waals surface area (Å²) in [6.45, 7) is 0.451. The first-order chi connectivity index (χ1) is 18.9. The van der Waals surface area contributed by atoms with Crippen LogP contribution in [0.3, 0.4) is 0 Å². The fourth-order valence-electron chi connectivity index (χ4n) is 3.77. The molecule has 1 heterocycles. The van der Waals surface area contributed by atoms with Gasteiger partial charge in [-0.3, -0.25) is 14.5 Å². The third-order valence-corrected chi connectivity index (χ3v) is 7.59. The highest BCUT2D eigenvalue weighted by Gasteiger charge is 2.33. The van der Waals surface area contributed by atoms with Gasteiger partial charge < -0.3 is 10.1 Å². The molecule has 1 aliphatic heterocycles. The number of thioether (sulfide) groups is 1. The van der Waals surface area contributed by atoms with Gasteiger partial charge in [-0.2, -0.15) is 0 Å². The van der Waals surface area contributed by atoms with Crippen molar-refractivity contribution in [3.05, 3.63) is 129 Å². The molecule has 4 aromatic carbocycles. The smallest absolute Gasteiger partial charge is 0.270 e. The summed E-state index contributed by atoms with van der Waals surface area (Å²) in [6, 6.07) is 27.5. The largest absolute Gasteiger partial charge is 0.489 e. The van der Waals surface area contributed by atoms with Gasteiger partial charge in [-0.1, -0.05) is 70.2 Å². The zero-order chi connectivity index (χ0) is 27.4. The normalized spacial score (nSPS) is 14.1. The van der Waals surface area contributed by atoms with Gasteiger partial charge in [0.25, 0.3) is 11.8 Å². The van der Waals surface area contributed by atoms with E-state index in [-0.39, 0.29) is 11.8 Å². The van der Waals surface area contributed by atoms with Gasteiger partial charge in [-0.25, -0.2) is 4.39 Å². The van der Waals surface area contributed by atoms with Crippen molar-refractivity contribution in [2.24, 2.45) is 0 Å². The van der Waals surface area contributed by atoms with Crippen molar-refractivity contribution in [1.29, 1.82) is 0 Å². The van der Waals surface area contributed by atoms with Crippen LogP contribution in [0.2, 0.25) is 0 Å². The van der Waals surface area contributed by atoms with E-state index >= 15 is 0 Å². The Morgan fingerprint density at radius 1 is 1.00 bits per heavy atom. The second-order valence-corrected chi connectivity index (χ2v) is 11.1. The highest BCUT2D eigenvalue weighted by molar-refractivity contribution is 9.10. The maximum atomic E-state index is 13.3. The van der Waals surface area contributed by atoms with Gasteiger partial charge in [0.2, 0.25) is 0 Å². The van der Waals surface area contributed by atoms with Gasteiger partial charge in [0, 0.05) is 15.7 Å². The highest BCUT2D eigenvalue weighted by atomic mass is 79.9. The average Bonchev–Trinajstić information content (AvgIpc) is 3.22. The first-order valence-electron chi connectivity index (χ1n) is 11.8. The van der Waals surface area contributed by atoms with E-state index in [2.05, 4.69) is 21.2 Å². The molecule has 4 aromatic rings. The Balaban J connectivity index is 1.26. The van der Waals surface area contributed by atoms with E-state index in [1.165, 1.54) is 40.9 Å². The molecule has 9 heteroatoms. The number of hydrogen-bond donors (Lipinski definition) is 1. The number of hydrogen-bond acceptors (Lipinski definition) is 5. The van der Waals surface area contributed by atoms with E-state index in [0.717, 1.165) is 21.3 Å². The third kappa shape index (κ3) is 6.62. The predicted octanol–water partition coefficient (Wildman–Crippen LogP) is 7.83. The minimum atomic E-state index is -0.390. The molecular weight excluding hydrogens is 599 g/mol. The number of thiocarbonyl (C=S) groups is 1. The summed E-state index contributed by atoms with van der Waals surface area (Å²) < 4.78 is 20.4. The van der Waals surface area contributed by atoms with Crippen molar-refractivity contribution in [2.75, 3.05) is 10.2 Å². The predicted molar refractivity (Wildman–Crippen MR) is 161 cm³/mol. The summed E-state index contributed by atoms with van der Waals surface area (Å²) in [5.41, 5.74) is 3.19. The molecule has 0 spiro atoms. The molecule has 1 N–H and O–H groups in total. The van der Waals surface area contributed by atoms with Crippen molar-refractivity contribution in [2.45, 2.75) is 6.61 Å². The number of anilines is 2. The van der Waals surface area contributed by atoms with E-state index in [1.807, 2.05) is 48.5 Å². The Morgan fingerprint density at radius 2 is 1.72 bits per heavy atom. The molecule has 0 aliphatic carbocycles. The number of benzene rings is 4. The number of carbonyl (C=O) groups excluding carboxylic acids is 2. The van der Waals surface area contributed by atoms with Crippen molar-refractivity contribution < 1.29 is 18.7 Å². The number of ether oxygens (including phenoxy) is 1. The topological polar surface area (TPSA) is 58.6 Å². The van der Waals surface area contributed by atoms with Crippen LogP contribution < -0.4 is 15.0 Å². The Kier molecular flexibility index (Phi) is 8.21. The van der Waals surface area contributed by atoms with Crippen molar-refractivity contribution in [1.82, 2.24) is 0 Å². The summed E-state index contributed by atoms with van der Waals surface area (Å²) in [5.74, 6) is -0.319. The molecule has 2 amide bonds. The summed E-state index contributed by atoms with van der Waals surface area (Å²) in [5, 5.41) is 2.72. The van der Waals surface area contributed by atoms with E-state index in [0.29, 0.717) is 32.8 Å². The van der Waals surface area contributed by atoms with Crippen LogP contribution >= 0.6 is 39.9 Å². The fraction of sp³-hybridized carbons (Fsp3) is 0.0333. The molecule has 1 fully saturated rings. The second kappa shape index (κ2) is 11.9. The Bertz CT molecular complexity index is 1570. The lowest BCUT2D eigenvalue weighted by atomic mass is 10.1. The fourth-order valence-corrected chi connectivity index (χ4v) is 5.34. The molecule has 0 unspecified atom stereocenters. The van der Waals surface area contributed by atoms with E-state index in [1.54, 1.807) is 30.3 Å². The van der Waals surface area contributed by atoms with Crippen LogP contribution in [-0.4, -0.2) is 16.1 Å². The molecule has 5 nitrogen and oxygen atoms in total. The lowest BCUT2D eigenvalue weighted by Gasteiger charge is -2.15. The van der Waals surface area contributed by atoms with Crippen LogP contribution in [0.5, 0.6) is 5.75 Å². The van der Waals surface area contributed by atoms with Crippen LogP contribution in [0.15, 0.2) is 106 Å². The number of amides is 2. The molecule has 5 rings (SSSR count). The van der Waals surface area contributed by atoms with Gasteiger partial charge >= 0.3 is 0 Å². The first kappa shape index (κ1) is 26.8. The van der Waals surface area contributed by atoms with Crippen LogP contribution in [0.4, 0.5) is 15.8 Å². The van der Waals surface area contributed by atoms with Crippen molar-refractivity contribution >= 4 is 73.5 Å². The number of carbonyl (C=O) groups is 2. The van der Waals surface area contributed by atoms with E-state index < -0.39 is 5.82 Å². The SMILES string of the molecule is O=C(Nc1ccc(F)cc1)c1cccc(N2C(=O)/C(=C\c3ccc(OCc4ccc(Br)cc4)cc3)SC2=S)c1. The minimum Gasteiger partial charge on any atom is -0.489 e. The van der Waals surface area contributed by atoms with Gasteiger partial charge in [-0.05, 0) is 83.9 Å². The molecule has 0 radical (unpaired) electrons. The standard InChI is InChI=1S/C30H20BrFN2O3S2/c31-22-8-4-20(5-9-22)18-37-26-14-6-19(7-15-26)16-27-29(36)34(30(38)39-27)25-3-1-2-21(17-25)28(35)33-24-12-10-23(32)11-13-24/h1-17H,18H2,(H,33,35)/b27-16+. The van der Waals surface area contributed by atoms with Gasteiger partial charge in [0.1, 0.15) is 18.2 Å². The zero-order valence-corrected chi connectivity index (χ0v) is 23.5. The number of nitrogens with zero attached hydrogens (tertiary/aromatic N) is 1. The van der Waals surface area contributed by atoms with Crippen LogP contribution in [0.1, 0.15) is 21.5 Å². The Hall–Kier alpha value is -3.79.